The SMILES string of the molecule is C[C@H](OC(=O)Cc1cccs1)C(=O)Nc1ccc(OCc2ccccc2)cc1. The Balaban J connectivity index is 1.46. The highest BCUT2D eigenvalue weighted by Gasteiger charge is 2.18. The molecular weight excluding hydrogens is 374 g/mol. The molecule has 1 atom stereocenters. The number of nitrogens with one attached hydrogen (secondary N) is 1. The minimum Gasteiger partial charge on any atom is -0.489 e. The van der Waals surface area contributed by atoms with Crippen molar-refractivity contribution in [1.82, 2.24) is 0 Å². The highest BCUT2D eigenvalue weighted by molar-refractivity contribution is 7.10. The molecule has 0 fully saturated rings. The predicted molar refractivity (Wildman–Crippen MR) is 109 cm³/mol. The predicted octanol–water partition coefficient (Wildman–Crippen LogP) is 4.44. The van der Waals surface area contributed by atoms with Crippen LogP contribution in [-0.2, 0) is 27.4 Å². The first-order valence-electron chi connectivity index (χ1n) is 8.89. The lowest BCUT2D eigenvalue weighted by atomic mass is 10.2. The van der Waals surface area contributed by atoms with Crippen molar-refractivity contribution < 1.29 is 19.1 Å². The average molecular weight is 395 g/mol. The van der Waals surface area contributed by atoms with E-state index in [0.29, 0.717) is 18.0 Å². The second-order valence-electron chi connectivity index (χ2n) is 6.18. The maximum absolute atomic E-state index is 12.2. The fourth-order valence-electron chi connectivity index (χ4n) is 2.47. The van der Waals surface area contributed by atoms with Crippen molar-refractivity contribution in [3.8, 4) is 5.75 Å². The summed E-state index contributed by atoms with van der Waals surface area (Å²) in [5, 5.41) is 4.63. The topological polar surface area (TPSA) is 64.6 Å². The van der Waals surface area contributed by atoms with E-state index >= 15 is 0 Å². The largest absolute Gasteiger partial charge is 0.489 e. The molecule has 5 nitrogen and oxygen atoms in total. The van der Waals surface area contributed by atoms with Gasteiger partial charge in [0.05, 0.1) is 6.42 Å². The maximum atomic E-state index is 12.2. The second-order valence-corrected chi connectivity index (χ2v) is 7.21. The summed E-state index contributed by atoms with van der Waals surface area (Å²) in [6.07, 6.45) is -0.704. The molecule has 1 amide bonds. The van der Waals surface area contributed by atoms with Gasteiger partial charge in [-0.25, -0.2) is 0 Å². The van der Waals surface area contributed by atoms with Crippen LogP contribution in [0.1, 0.15) is 17.4 Å². The lowest BCUT2D eigenvalue weighted by molar-refractivity contribution is -0.152. The van der Waals surface area contributed by atoms with Gasteiger partial charge in [0.25, 0.3) is 5.91 Å². The Morgan fingerprint density at radius 1 is 1.00 bits per heavy atom. The van der Waals surface area contributed by atoms with E-state index in [2.05, 4.69) is 5.32 Å². The van der Waals surface area contributed by atoms with Crippen molar-refractivity contribution in [2.75, 3.05) is 5.32 Å². The molecule has 0 saturated heterocycles. The Kier molecular flexibility index (Phi) is 6.81. The molecular formula is C22H21NO4S. The van der Waals surface area contributed by atoms with E-state index in [4.69, 9.17) is 9.47 Å². The van der Waals surface area contributed by atoms with Crippen molar-refractivity contribution in [2.45, 2.75) is 26.1 Å². The third kappa shape index (κ3) is 5.96. The van der Waals surface area contributed by atoms with Crippen LogP contribution in [0.15, 0.2) is 72.1 Å². The van der Waals surface area contributed by atoms with Crippen LogP contribution in [0.2, 0.25) is 0 Å². The number of hydrogen-bond acceptors (Lipinski definition) is 5. The monoisotopic (exact) mass is 395 g/mol. The highest BCUT2D eigenvalue weighted by atomic mass is 32.1. The molecule has 0 radical (unpaired) electrons. The standard InChI is InChI=1S/C22H21NO4S/c1-16(27-21(24)14-20-8-5-13-28-20)22(25)23-18-9-11-19(12-10-18)26-15-17-6-3-2-4-7-17/h2-13,16H,14-15H2,1H3,(H,23,25)/t16-/m0/s1. The molecule has 0 aliphatic heterocycles. The van der Waals surface area contributed by atoms with Crippen LogP contribution in [-0.4, -0.2) is 18.0 Å². The lowest BCUT2D eigenvalue weighted by Crippen LogP contribution is -2.30. The van der Waals surface area contributed by atoms with Crippen molar-refractivity contribution in [1.29, 1.82) is 0 Å². The van der Waals surface area contributed by atoms with Gasteiger partial charge in [-0.15, -0.1) is 11.3 Å². The number of amides is 1. The Morgan fingerprint density at radius 2 is 1.75 bits per heavy atom. The number of carbonyl (C=O) groups is 2. The second kappa shape index (κ2) is 9.71. The zero-order chi connectivity index (χ0) is 19.8. The molecule has 144 valence electrons. The molecule has 2 aromatic carbocycles. The first kappa shape index (κ1) is 19.6. The van der Waals surface area contributed by atoms with Crippen molar-refractivity contribution in [3.05, 3.63) is 82.6 Å². The van der Waals surface area contributed by atoms with Gasteiger partial charge in [-0.05, 0) is 48.2 Å². The Morgan fingerprint density at radius 3 is 2.43 bits per heavy atom. The van der Waals surface area contributed by atoms with Crippen LogP contribution in [0.3, 0.4) is 0 Å². The van der Waals surface area contributed by atoms with Crippen molar-refractivity contribution in [3.63, 3.8) is 0 Å². The molecule has 3 rings (SSSR count). The van der Waals surface area contributed by atoms with E-state index in [9.17, 15) is 9.59 Å². The number of carbonyl (C=O) groups excluding carboxylic acids is 2. The number of rotatable bonds is 8. The fourth-order valence-corrected chi connectivity index (χ4v) is 3.16. The molecule has 6 heteroatoms. The van der Waals surface area contributed by atoms with Gasteiger partial charge in [-0.1, -0.05) is 36.4 Å². The smallest absolute Gasteiger partial charge is 0.311 e. The zero-order valence-corrected chi connectivity index (χ0v) is 16.3. The molecule has 0 bridgehead atoms. The van der Waals surface area contributed by atoms with Gasteiger partial charge in [-0.2, -0.15) is 0 Å². The minimum atomic E-state index is -0.874. The number of thiophene rings is 1. The molecule has 0 aliphatic carbocycles. The van der Waals surface area contributed by atoms with Gasteiger partial charge in [0.2, 0.25) is 0 Å². The summed E-state index contributed by atoms with van der Waals surface area (Å²) in [5.41, 5.74) is 1.69. The Hall–Kier alpha value is -3.12. The van der Waals surface area contributed by atoms with Gasteiger partial charge in [0.1, 0.15) is 12.4 Å². The quantitative estimate of drug-likeness (QED) is 0.573. The van der Waals surface area contributed by atoms with E-state index in [1.54, 1.807) is 31.2 Å². The summed E-state index contributed by atoms with van der Waals surface area (Å²) >= 11 is 1.48. The summed E-state index contributed by atoms with van der Waals surface area (Å²) in [7, 11) is 0. The Labute approximate surface area is 167 Å². The van der Waals surface area contributed by atoms with Crippen LogP contribution < -0.4 is 10.1 Å². The summed E-state index contributed by atoms with van der Waals surface area (Å²) in [4.78, 5) is 25.0. The summed E-state index contributed by atoms with van der Waals surface area (Å²) in [5.74, 6) is -0.0930. The minimum absolute atomic E-state index is 0.169. The average Bonchev–Trinajstić information content (AvgIpc) is 3.21. The van der Waals surface area contributed by atoms with Crippen LogP contribution in [0, 0.1) is 0 Å². The normalized spacial score (nSPS) is 11.5. The van der Waals surface area contributed by atoms with Gasteiger partial charge >= 0.3 is 5.97 Å². The number of esters is 1. The molecule has 0 spiro atoms. The first-order valence-corrected chi connectivity index (χ1v) is 9.77. The summed E-state index contributed by atoms with van der Waals surface area (Å²) < 4.78 is 10.9. The number of anilines is 1. The molecule has 0 unspecified atom stereocenters. The van der Waals surface area contributed by atoms with Gasteiger partial charge < -0.3 is 14.8 Å². The van der Waals surface area contributed by atoms with E-state index in [1.165, 1.54) is 11.3 Å². The molecule has 0 aliphatic rings. The number of benzene rings is 2. The number of hydrogen-bond donors (Lipinski definition) is 1. The molecule has 1 aromatic heterocycles. The Bertz CT molecular complexity index is 892. The van der Waals surface area contributed by atoms with Crippen molar-refractivity contribution in [2.24, 2.45) is 0 Å². The highest BCUT2D eigenvalue weighted by Crippen LogP contribution is 2.18. The van der Waals surface area contributed by atoms with E-state index in [1.807, 2.05) is 47.8 Å². The summed E-state index contributed by atoms with van der Waals surface area (Å²) in [6, 6.07) is 20.7. The zero-order valence-electron chi connectivity index (χ0n) is 15.5. The fraction of sp³-hybridized carbons (Fsp3) is 0.182. The van der Waals surface area contributed by atoms with Crippen LogP contribution >= 0.6 is 11.3 Å². The van der Waals surface area contributed by atoms with Gasteiger partial charge in [0.15, 0.2) is 6.10 Å². The molecule has 28 heavy (non-hydrogen) atoms. The maximum Gasteiger partial charge on any atom is 0.311 e. The van der Waals surface area contributed by atoms with Crippen LogP contribution in [0.5, 0.6) is 5.75 Å². The number of ether oxygens (including phenoxy) is 2. The van der Waals surface area contributed by atoms with E-state index < -0.39 is 12.1 Å². The molecule has 1 N–H and O–H groups in total. The summed E-state index contributed by atoms with van der Waals surface area (Å²) in [6.45, 7) is 2.03. The molecule has 3 aromatic rings. The van der Waals surface area contributed by atoms with Gasteiger partial charge in [0, 0.05) is 10.6 Å². The van der Waals surface area contributed by atoms with E-state index in [0.717, 1.165) is 10.4 Å². The third-order valence-corrected chi connectivity index (χ3v) is 4.82. The van der Waals surface area contributed by atoms with E-state index in [-0.39, 0.29) is 12.3 Å². The molecule has 0 saturated carbocycles. The van der Waals surface area contributed by atoms with Gasteiger partial charge in [-0.3, -0.25) is 9.59 Å². The van der Waals surface area contributed by atoms with Crippen LogP contribution in [0.25, 0.3) is 0 Å². The third-order valence-electron chi connectivity index (χ3n) is 3.95. The molecule has 1 heterocycles. The first-order chi connectivity index (χ1) is 13.6. The van der Waals surface area contributed by atoms with Crippen molar-refractivity contribution >= 4 is 28.9 Å². The lowest BCUT2D eigenvalue weighted by Gasteiger charge is -2.14. The van der Waals surface area contributed by atoms with Crippen LogP contribution in [0.4, 0.5) is 5.69 Å².